The predicted molar refractivity (Wildman–Crippen MR) is 55.0 cm³/mol. The maximum absolute atomic E-state index is 12.9. The Morgan fingerprint density at radius 2 is 2.47 bits per heavy atom. The molecule has 82 valence electrons. The van der Waals surface area contributed by atoms with Gasteiger partial charge < -0.3 is 10.1 Å². The Bertz CT molecular complexity index is 326. The van der Waals surface area contributed by atoms with Gasteiger partial charge in [-0.3, -0.25) is 4.98 Å². The molecule has 0 saturated carbocycles. The summed E-state index contributed by atoms with van der Waals surface area (Å²) in [7, 11) is 0. The van der Waals surface area contributed by atoms with Crippen LogP contribution in [-0.4, -0.2) is 24.2 Å². The van der Waals surface area contributed by atoms with Crippen LogP contribution in [0.15, 0.2) is 18.5 Å². The molecule has 1 aromatic rings. The number of nitrogens with one attached hydrogen (secondary N) is 1. The normalized spacial score (nSPS) is 22.9. The largest absolute Gasteiger partial charge is 0.380 e. The summed E-state index contributed by atoms with van der Waals surface area (Å²) in [5.41, 5.74) is 0.877. The molecule has 15 heavy (non-hydrogen) atoms. The van der Waals surface area contributed by atoms with Crippen LogP contribution in [0.3, 0.4) is 0 Å². The summed E-state index contributed by atoms with van der Waals surface area (Å²) < 4.78 is 18.2. The van der Waals surface area contributed by atoms with E-state index >= 15 is 0 Å². The number of pyridine rings is 1. The van der Waals surface area contributed by atoms with Crippen LogP contribution in [0, 0.1) is 5.82 Å². The Kier molecular flexibility index (Phi) is 3.28. The molecule has 2 atom stereocenters. The second-order valence-electron chi connectivity index (χ2n) is 3.89. The van der Waals surface area contributed by atoms with E-state index in [4.69, 9.17) is 4.74 Å². The summed E-state index contributed by atoms with van der Waals surface area (Å²) in [5.74, 6) is -0.288. The van der Waals surface area contributed by atoms with Crippen LogP contribution >= 0.6 is 0 Å². The minimum absolute atomic E-state index is 0.111. The summed E-state index contributed by atoms with van der Waals surface area (Å²) in [6, 6.07) is 2.00. The third-order valence-corrected chi connectivity index (χ3v) is 2.64. The Morgan fingerprint density at radius 3 is 3.13 bits per heavy atom. The minimum atomic E-state index is -0.288. The van der Waals surface area contributed by atoms with Gasteiger partial charge in [-0.25, -0.2) is 4.39 Å². The summed E-state index contributed by atoms with van der Waals surface area (Å²) in [6.45, 7) is 3.56. The van der Waals surface area contributed by atoms with Gasteiger partial charge in [0.25, 0.3) is 0 Å². The number of aromatic nitrogens is 1. The van der Waals surface area contributed by atoms with E-state index in [0.717, 1.165) is 25.2 Å². The van der Waals surface area contributed by atoms with Crippen molar-refractivity contribution in [3.63, 3.8) is 0 Å². The zero-order valence-electron chi connectivity index (χ0n) is 8.74. The molecule has 1 N–H and O–H groups in total. The molecule has 1 aromatic heterocycles. The fourth-order valence-corrected chi connectivity index (χ4v) is 1.78. The Hall–Kier alpha value is -1.00. The average molecular weight is 210 g/mol. The SMILES string of the molecule is C[C@H](NC1CCOC1)c1cncc(F)c1. The van der Waals surface area contributed by atoms with Gasteiger partial charge >= 0.3 is 0 Å². The van der Waals surface area contributed by atoms with E-state index in [1.54, 1.807) is 6.20 Å². The van der Waals surface area contributed by atoms with Gasteiger partial charge in [0.2, 0.25) is 0 Å². The van der Waals surface area contributed by atoms with Gasteiger partial charge in [-0.05, 0) is 25.0 Å². The summed E-state index contributed by atoms with van der Waals surface area (Å²) in [6.07, 6.45) is 3.93. The first-order chi connectivity index (χ1) is 7.25. The molecule has 0 aromatic carbocycles. The molecule has 2 rings (SSSR count). The van der Waals surface area contributed by atoms with Crippen molar-refractivity contribution in [2.24, 2.45) is 0 Å². The van der Waals surface area contributed by atoms with Gasteiger partial charge in [-0.2, -0.15) is 0 Å². The van der Waals surface area contributed by atoms with Gasteiger partial charge in [-0.15, -0.1) is 0 Å². The monoisotopic (exact) mass is 210 g/mol. The molecular formula is C11H15FN2O. The maximum Gasteiger partial charge on any atom is 0.141 e. The molecule has 3 nitrogen and oxygen atoms in total. The van der Waals surface area contributed by atoms with Gasteiger partial charge in [0.05, 0.1) is 12.8 Å². The van der Waals surface area contributed by atoms with E-state index in [9.17, 15) is 4.39 Å². The van der Waals surface area contributed by atoms with Gasteiger partial charge in [-0.1, -0.05) is 0 Å². The number of halogens is 1. The van der Waals surface area contributed by atoms with Crippen LogP contribution in [0.5, 0.6) is 0 Å². The molecule has 0 radical (unpaired) electrons. The number of nitrogens with zero attached hydrogens (tertiary/aromatic N) is 1. The van der Waals surface area contributed by atoms with Crippen molar-refractivity contribution in [2.75, 3.05) is 13.2 Å². The smallest absolute Gasteiger partial charge is 0.141 e. The standard InChI is InChI=1S/C11H15FN2O/c1-8(14-11-2-3-15-7-11)9-4-10(12)6-13-5-9/h4-6,8,11,14H,2-3,7H2,1H3/t8-,11?/m0/s1. The van der Waals surface area contributed by atoms with Crippen molar-refractivity contribution >= 4 is 0 Å². The molecule has 4 heteroatoms. The zero-order valence-corrected chi connectivity index (χ0v) is 8.74. The first-order valence-electron chi connectivity index (χ1n) is 5.20. The first-order valence-corrected chi connectivity index (χ1v) is 5.20. The quantitative estimate of drug-likeness (QED) is 0.823. The summed E-state index contributed by atoms with van der Waals surface area (Å²) >= 11 is 0. The molecule has 1 aliphatic rings. The van der Waals surface area contributed by atoms with E-state index in [-0.39, 0.29) is 11.9 Å². The van der Waals surface area contributed by atoms with Crippen molar-refractivity contribution in [1.29, 1.82) is 0 Å². The lowest BCUT2D eigenvalue weighted by Crippen LogP contribution is -2.31. The lowest BCUT2D eigenvalue weighted by Gasteiger charge is -2.18. The molecule has 1 fully saturated rings. The highest BCUT2D eigenvalue weighted by molar-refractivity contribution is 5.14. The molecule has 0 amide bonds. The van der Waals surface area contributed by atoms with Crippen molar-refractivity contribution < 1.29 is 9.13 Å². The lowest BCUT2D eigenvalue weighted by atomic mass is 10.1. The molecule has 1 aliphatic heterocycles. The molecule has 0 bridgehead atoms. The van der Waals surface area contributed by atoms with Crippen LogP contribution in [0.25, 0.3) is 0 Å². The molecule has 0 aliphatic carbocycles. The van der Waals surface area contributed by atoms with Crippen molar-refractivity contribution in [1.82, 2.24) is 10.3 Å². The lowest BCUT2D eigenvalue weighted by molar-refractivity contribution is 0.188. The van der Waals surface area contributed by atoms with E-state index in [2.05, 4.69) is 10.3 Å². The fraction of sp³-hybridized carbons (Fsp3) is 0.545. The van der Waals surface area contributed by atoms with Crippen LogP contribution in [0.4, 0.5) is 4.39 Å². The Labute approximate surface area is 88.7 Å². The molecule has 1 saturated heterocycles. The van der Waals surface area contributed by atoms with Crippen LogP contribution in [-0.2, 0) is 4.74 Å². The van der Waals surface area contributed by atoms with Gasteiger partial charge in [0.1, 0.15) is 5.82 Å². The maximum atomic E-state index is 12.9. The van der Waals surface area contributed by atoms with Crippen molar-refractivity contribution in [2.45, 2.75) is 25.4 Å². The third-order valence-electron chi connectivity index (χ3n) is 2.64. The van der Waals surface area contributed by atoms with Crippen molar-refractivity contribution in [3.05, 3.63) is 29.8 Å². The van der Waals surface area contributed by atoms with E-state index in [0.29, 0.717) is 6.04 Å². The van der Waals surface area contributed by atoms with E-state index in [1.807, 2.05) is 6.92 Å². The van der Waals surface area contributed by atoms with Crippen molar-refractivity contribution in [3.8, 4) is 0 Å². The number of rotatable bonds is 3. The average Bonchev–Trinajstić information content (AvgIpc) is 2.70. The third kappa shape index (κ3) is 2.73. The second-order valence-corrected chi connectivity index (χ2v) is 3.89. The highest BCUT2D eigenvalue weighted by Crippen LogP contribution is 2.15. The number of hydrogen-bond acceptors (Lipinski definition) is 3. The molecule has 2 heterocycles. The summed E-state index contributed by atoms with van der Waals surface area (Å²) in [5, 5.41) is 3.39. The Balaban J connectivity index is 1.97. The minimum Gasteiger partial charge on any atom is -0.380 e. The Morgan fingerprint density at radius 1 is 1.60 bits per heavy atom. The summed E-state index contributed by atoms with van der Waals surface area (Å²) in [4.78, 5) is 3.83. The number of hydrogen-bond donors (Lipinski definition) is 1. The van der Waals surface area contributed by atoms with Crippen LogP contribution in [0.1, 0.15) is 24.9 Å². The molecular weight excluding hydrogens is 195 g/mol. The predicted octanol–water partition coefficient (Wildman–Crippen LogP) is 1.66. The van der Waals surface area contributed by atoms with Gasteiger partial charge in [0, 0.05) is 24.9 Å². The first kappa shape index (κ1) is 10.5. The van der Waals surface area contributed by atoms with Crippen LogP contribution < -0.4 is 5.32 Å². The number of ether oxygens (including phenoxy) is 1. The second kappa shape index (κ2) is 4.68. The zero-order chi connectivity index (χ0) is 10.7. The highest BCUT2D eigenvalue weighted by atomic mass is 19.1. The fourth-order valence-electron chi connectivity index (χ4n) is 1.78. The van der Waals surface area contributed by atoms with Crippen LogP contribution in [0.2, 0.25) is 0 Å². The molecule has 0 spiro atoms. The molecule has 1 unspecified atom stereocenters. The highest BCUT2D eigenvalue weighted by Gasteiger charge is 2.18. The van der Waals surface area contributed by atoms with E-state index in [1.165, 1.54) is 12.3 Å². The topological polar surface area (TPSA) is 34.1 Å². The van der Waals surface area contributed by atoms with E-state index < -0.39 is 0 Å². The van der Waals surface area contributed by atoms with Gasteiger partial charge in [0.15, 0.2) is 0 Å².